The third-order valence-corrected chi connectivity index (χ3v) is 4.97. The van der Waals surface area contributed by atoms with Crippen LogP contribution >= 0.6 is 0 Å². The normalized spacial score (nSPS) is 15.7. The van der Waals surface area contributed by atoms with E-state index in [1.54, 1.807) is 41.0 Å². The molecule has 0 aliphatic carbocycles. The number of anilines is 1. The number of carbonyl (C=O) groups is 2. The number of aryl methyl sites for hydroxylation is 2. The van der Waals surface area contributed by atoms with Gasteiger partial charge in [0.1, 0.15) is 17.0 Å². The number of benzene rings is 1. The lowest BCUT2D eigenvalue weighted by atomic mass is 10.1. The van der Waals surface area contributed by atoms with Crippen LogP contribution < -0.4 is 20.8 Å². The predicted octanol–water partition coefficient (Wildman–Crippen LogP) is 1.62. The molecular weight excluding hydrogens is 372 g/mol. The highest BCUT2D eigenvalue weighted by atomic mass is 16.5. The summed E-state index contributed by atoms with van der Waals surface area (Å²) in [4.78, 5) is 44.1. The zero-order valence-corrected chi connectivity index (χ0v) is 16.1. The Morgan fingerprint density at radius 1 is 1.24 bits per heavy atom. The SMILES string of the molecule is CCn1cc(C(=O)N2CC(C(N)=O)Oc3ccccc32)c(=O)c2ccc(C)nc21. The van der Waals surface area contributed by atoms with Gasteiger partial charge in [-0.1, -0.05) is 12.1 Å². The van der Waals surface area contributed by atoms with E-state index in [1.807, 2.05) is 13.8 Å². The van der Waals surface area contributed by atoms with Gasteiger partial charge in [-0.25, -0.2) is 4.98 Å². The summed E-state index contributed by atoms with van der Waals surface area (Å²) < 4.78 is 7.38. The Balaban J connectivity index is 1.87. The van der Waals surface area contributed by atoms with Gasteiger partial charge in [-0.15, -0.1) is 0 Å². The first-order valence-electron chi connectivity index (χ1n) is 9.28. The van der Waals surface area contributed by atoms with Crippen LogP contribution in [-0.4, -0.2) is 34.0 Å². The maximum absolute atomic E-state index is 13.4. The highest BCUT2D eigenvalue weighted by Gasteiger charge is 2.34. The van der Waals surface area contributed by atoms with Gasteiger partial charge in [0.05, 0.1) is 17.6 Å². The Morgan fingerprint density at radius 2 is 2.00 bits per heavy atom. The summed E-state index contributed by atoms with van der Waals surface area (Å²) >= 11 is 0. The Morgan fingerprint density at radius 3 is 2.72 bits per heavy atom. The van der Waals surface area contributed by atoms with Crippen LogP contribution in [0.1, 0.15) is 23.0 Å². The lowest BCUT2D eigenvalue weighted by Gasteiger charge is -2.33. The molecule has 4 rings (SSSR count). The van der Waals surface area contributed by atoms with Crippen LogP contribution in [0.5, 0.6) is 5.75 Å². The molecule has 0 bridgehead atoms. The molecular formula is C21H20N4O4. The molecule has 1 unspecified atom stereocenters. The summed E-state index contributed by atoms with van der Waals surface area (Å²) in [6.45, 7) is 4.23. The van der Waals surface area contributed by atoms with Gasteiger partial charge >= 0.3 is 0 Å². The van der Waals surface area contributed by atoms with E-state index < -0.39 is 23.3 Å². The van der Waals surface area contributed by atoms with Crippen LogP contribution in [0, 0.1) is 6.92 Å². The minimum atomic E-state index is -0.993. The van der Waals surface area contributed by atoms with Crippen molar-refractivity contribution in [2.24, 2.45) is 5.73 Å². The first-order valence-corrected chi connectivity index (χ1v) is 9.28. The Bertz CT molecular complexity index is 1200. The number of hydrogen-bond donors (Lipinski definition) is 1. The van der Waals surface area contributed by atoms with Gasteiger partial charge in [-0.2, -0.15) is 0 Å². The van der Waals surface area contributed by atoms with Crippen LogP contribution in [0.2, 0.25) is 0 Å². The van der Waals surface area contributed by atoms with Gasteiger partial charge in [0.2, 0.25) is 5.43 Å². The number of ether oxygens (including phenoxy) is 1. The second kappa shape index (κ2) is 7.05. The van der Waals surface area contributed by atoms with E-state index in [0.29, 0.717) is 29.0 Å². The number of nitrogens with zero attached hydrogens (tertiary/aromatic N) is 3. The van der Waals surface area contributed by atoms with E-state index in [4.69, 9.17) is 10.5 Å². The van der Waals surface area contributed by atoms with E-state index in [9.17, 15) is 14.4 Å². The van der Waals surface area contributed by atoms with Crippen LogP contribution in [0.4, 0.5) is 5.69 Å². The van der Waals surface area contributed by atoms with E-state index >= 15 is 0 Å². The Kier molecular flexibility index (Phi) is 4.54. The predicted molar refractivity (Wildman–Crippen MR) is 108 cm³/mol. The number of pyridine rings is 2. The molecule has 29 heavy (non-hydrogen) atoms. The van der Waals surface area contributed by atoms with Crippen molar-refractivity contribution in [3.8, 4) is 5.75 Å². The molecule has 2 amide bonds. The molecule has 3 aromatic rings. The van der Waals surface area contributed by atoms with Crippen molar-refractivity contribution in [1.82, 2.24) is 9.55 Å². The van der Waals surface area contributed by atoms with Crippen molar-refractivity contribution < 1.29 is 14.3 Å². The standard InChI is InChI=1S/C21H20N4O4/c1-3-24-10-14(18(26)13-9-8-12(2)23-20(13)24)21(28)25-11-17(19(22)27)29-16-7-5-4-6-15(16)25/h4-10,17H,3,11H2,1-2H3,(H2,22,27). The summed E-state index contributed by atoms with van der Waals surface area (Å²) in [6, 6.07) is 10.3. The Hall–Kier alpha value is -3.68. The van der Waals surface area contributed by atoms with Crippen molar-refractivity contribution >= 4 is 28.5 Å². The average Bonchev–Trinajstić information content (AvgIpc) is 2.72. The number of para-hydroxylation sites is 2. The van der Waals surface area contributed by atoms with Crippen LogP contribution in [-0.2, 0) is 11.3 Å². The molecule has 148 valence electrons. The molecule has 1 aromatic carbocycles. The highest BCUT2D eigenvalue weighted by molar-refractivity contribution is 6.08. The zero-order chi connectivity index (χ0) is 20.7. The first kappa shape index (κ1) is 18.7. The summed E-state index contributed by atoms with van der Waals surface area (Å²) in [5, 5.41) is 0.372. The minimum absolute atomic E-state index is 0.00456. The van der Waals surface area contributed by atoms with Crippen LogP contribution in [0.25, 0.3) is 11.0 Å². The first-order chi connectivity index (χ1) is 13.9. The molecule has 2 aromatic heterocycles. The molecule has 1 atom stereocenters. The van der Waals surface area contributed by atoms with E-state index in [2.05, 4.69) is 4.98 Å². The number of amides is 2. The van der Waals surface area contributed by atoms with Gasteiger partial charge in [0, 0.05) is 18.4 Å². The van der Waals surface area contributed by atoms with Gasteiger partial charge in [-0.05, 0) is 38.1 Å². The maximum Gasteiger partial charge on any atom is 0.264 e. The number of aromatic nitrogens is 2. The van der Waals surface area contributed by atoms with Crippen molar-refractivity contribution in [3.63, 3.8) is 0 Å². The summed E-state index contributed by atoms with van der Waals surface area (Å²) in [5.41, 5.74) is 6.82. The molecule has 0 saturated heterocycles. The second-order valence-electron chi connectivity index (χ2n) is 6.87. The fraction of sp³-hybridized carbons (Fsp3) is 0.238. The lowest BCUT2D eigenvalue weighted by Crippen LogP contribution is -2.50. The summed E-state index contributed by atoms with van der Waals surface area (Å²) in [6.07, 6.45) is 0.531. The third-order valence-electron chi connectivity index (χ3n) is 4.97. The van der Waals surface area contributed by atoms with Crippen LogP contribution in [0.15, 0.2) is 47.4 Å². The lowest BCUT2D eigenvalue weighted by molar-refractivity contribution is -0.124. The smallest absolute Gasteiger partial charge is 0.264 e. The number of hydrogen-bond acceptors (Lipinski definition) is 5. The average molecular weight is 392 g/mol. The zero-order valence-electron chi connectivity index (χ0n) is 16.1. The van der Waals surface area contributed by atoms with E-state index in [0.717, 1.165) is 5.69 Å². The highest BCUT2D eigenvalue weighted by Crippen LogP contribution is 2.33. The fourth-order valence-corrected chi connectivity index (χ4v) is 3.47. The third kappa shape index (κ3) is 3.12. The van der Waals surface area contributed by atoms with Crippen molar-refractivity contribution in [2.75, 3.05) is 11.4 Å². The minimum Gasteiger partial charge on any atom is -0.477 e. The summed E-state index contributed by atoms with van der Waals surface area (Å²) in [5.74, 6) is -0.826. The van der Waals surface area contributed by atoms with Crippen molar-refractivity contribution in [1.29, 1.82) is 0 Å². The Labute approximate surface area is 166 Å². The molecule has 0 fully saturated rings. The largest absolute Gasteiger partial charge is 0.477 e. The quantitative estimate of drug-likeness (QED) is 0.729. The van der Waals surface area contributed by atoms with E-state index in [1.165, 1.54) is 11.1 Å². The van der Waals surface area contributed by atoms with Gasteiger partial charge < -0.3 is 19.9 Å². The number of rotatable bonds is 3. The number of carbonyl (C=O) groups excluding carboxylic acids is 2. The van der Waals surface area contributed by atoms with Gasteiger partial charge in [0.15, 0.2) is 6.10 Å². The van der Waals surface area contributed by atoms with Crippen LogP contribution in [0.3, 0.4) is 0 Å². The number of primary amides is 1. The molecule has 0 saturated carbocycles. The monoisotopic (exact) mass is 392 g/mol. The molecule has 8 heteroatoms. The van der Waals surface area contributed by atoms with Crippen molar-refractivity contribution in [2.45, 2.75) is 26.5 Å². The molecule has 2 N–H and O–H groups in total. The van der Waals surface area contributed by atoms with Gasteiger partial charge in [-0.3, -0.25) is 14.4 Å². The molecule has 0 spiro atoms. The topological polar surface area (TPSA) is 108 Å². The van der Waals surface area contributed by atoms with Gasteiger partial charge in [0.25, 0.3) is 11.8 Å². The maximum atomic E-state index is 13.4. The van der Waals surface area contributed by atoms with Crippen molar-refractivity contribution in [3.05, 3.63) is 64.1 Å². The number of nitrogens with two attached hydrogens (primary N) is 1. The fourth-order valence-electron chi connectivity index (χ4n) is 3.47. The number of fused-ring (bicyclic) bond motifs is 2. The molecule has 1 aliphatic rings. The summed E-state index contributed by atoms with van der Waals surface area (Å²) in [7, 11) is 0. The molecule has 0 radical (unpaired) electrons. The molecule has 1 aliphatic heterocycles. The van der Waals surface area contributed by atoms with E-state index in [-0.39, 0.29) is 12.1 Å². The molecule has 3 heterocycles. The second-order valence-corrected chi connectivity index (χ2v) is 6.87. The molecule has 8 nitrogen and oxygen atoms in total.